The van der Waals surface area contributed by atoms with Gasteiger partial charge in [0.25, 0.3) is 0 Å². The van der Waals surface area contributed by atoms with E-state index >= 15 is 0 Å². The van der Waals surface area contributed by atoms with Crippen LogP contribution in [0.15, 0.2) is 36.8 Å². The second kappa shape index (κ2) is 10.3. The molecule has 5 rings (SSSR count). The number of carbonyl (C=O) groups excluding carboxylic acids is 1. The molecule has 9 heteroatoms. The van der Waals surface area contributed by atoms with Crippen LogP contribution in [0.3, 0.4) is 0 Å². The van der Waals surface area contributed by atoms with E-state index in [-0.39, 0.29) is 12.1 Å². The lowest BCUT2D eigenvalue weighted by atomic mass is 10.1. The quantitative estimate of drug-likeness (QED) is 0.575. The Kier molecular flexibility index (Phi) is 6.78. The van der Waals surface area contributed by atoms with Crippen LogP contribution in [0.4, 0.5) is 10.6 Å². The van der Waals surface area contributed by atoms with E-state index in [9.17, 15) is 4.79 Å². The van der Waals surface area contributed by atoms with Gasteiger partial charge in [0.2, 0.25) is 0 Å². The average Bonchev–Trinajstić information content (AvgIpc) is 3.52. The molecule has 4 heterocycles. The molecule has 2 fully saturated rings. The van der Waals surface area contributed by atoms with Crippen LogP contribution in [0.25, 0.3) is 22.2 Å². The van der Waals surface area contributed by atoms with Crippen LogP contribution in [-0.4, -0.2) is 69.6 Å². The molecule has 2 aliphatic rings. The average molecular weight is 450 g/mol. The highest BCUT2D eigenvalue weighted by Gasteiger charge is 2.17. The van der Waals surface area contributed by atoms with Gasteiger partial charge in [0.15, 0.2) is 0 Å². The van der Waals surface area contributed by atoms with Crippen molar-refractivity contribution in [3.8, 4) is 11.1 Å². The maximum Gasteiger partial charge on any atom is 0.320 e. The number of pyridine rings is 2. The highest BCUT2D eigenvalue weighted by Crippen LogP contribution is 2.23. The van der Waals surface area contributed by atoms with Crippen LogP contribution >= 0.6 is 0 Å². The molecule has 33 heavy (non-hydrogen) atoms. The summed E-state index contributed by atoms with van der Waals surface area (Å²) in [7, 11) is 0. The number of hydrogen-bond donors (Lipinski definition) is 2. The summed E-state index contributed by atoms with van der Waals surface area (Å²) >= 11 is 0. The summed E-state index contributed by atoms with van der Waals surface area (Å²) in [5, 5.41) is 10.4. The van der Waals surface area contributed by atoms with Gasteiger partial charge in [-0.2, -0.15) is 5.10 Å². The molecule has 0 bridgehead atoms. The molecule has 0 spiro atoms. The number of carbonyl (C=O) groups is 1. The molecule has 0 atom stereocenters. The van der Waals surface area contributed by atoms with E-state index in [1.165, 1.54) is 12.8 Å². The summed E-state index contributed by atoms with van der Waals surface area (Å²) in [4.78, 5) is 23.9. The predicted octanol–water partition coefficient (Wildman–Crippen LogP) is 3.28. The third-order valence-electron chi connectivity index (χ3n) is 6.40. The number of aromatic nitrogens is 4. The van der Waals surface area contributed by atoms with Crippen molar-refractivity contribution in [1.82, 2.24) is 30.0 Å². The molecule has 0 aromatic carbocycles. The number of nitrogens with one attached hydrogen (secondary N) is 2. The van der Waals surface area contributed by atoms with Crippen molar-refractivity contribution in [3.63, 3.8) is 0 Å². The fraction of sp³-hybridized carbons (Fsp3) is 0.500. The molecule has 0 unspecified atom stereocenters. The van der Waals surface area contributed by atoms with Crippen LogP contribution in [0, 0.1) is 0 Å². The largest absolute Gasteiger partial charge is 0.379 e. The van der Waals surface area contributed by atoms with Gasteiger partial charge in [-0.25, -0.2) is 9.78 Å². The van der Waals surface area contributed by atoms with Crippen LogP contribution in [-0.2, 0) is 11.3 Å². The van der Waals surface area contributed by atoms with Crippen molar-refractivity contribution in [2.45, 2.75) is 44.7 Å². The summed E-state index contributed by atoms with van der Waals surface area (Å²) in [6, 6.07) is 5.74. The maximum atomic E-state index is 12.3. The Hall–Kier alpha value is -3.04. The number of aryl methyl sites for hydroxylation is 1. The number of hydrogen-bond acceptors (Lipinski definition) is 6. The fourth-order valence-electron chi connectivity index (χ4n) is 4.56. The standard InChI is InChI=1S/C24H31N7O2/c32-24(27-20-4-1-2-5-20)29-23-7-6-21-22(28-23)14-18(15-25-21)19-16-26-31(17-19)9-3-8-30-10-12-33-13-11-30/h6-7,14-17,20H,1-5,8-13H2,(H2,27,28,29,32). The predicted molar refractivity (Wildman–Crippen MR) is 127 cm³/mol. The molecule has 1 aliphatic heterocycles. The van der Waals surface area contributed by atoms with Crippen molar-refractivity contribution in [2.24, 2.45) is 0 Å². The summed E-state index contributed by atoms with van der Waals surface area (Å²) in [6.07, 6.45) is 11.3. The fourth-order valence-corrected chi connectivity index (χ4v) is 4.56. The van der Waals surface area contributed by atoms with Crippen LogP contribution < -0.4 is 10.6 Å². The number of anilines is 1. The third kappa shape index (κ3) is 5.66. The van der Waals surface area contributed by atoms with E-state index in [1.807, 2.05) is 29.2 Å². The third-order valence-corrected chi connectivity index (χ3v) is 6.40. The number of fused-ring (bicyclic) bond motifs is 1. The van der Waals surface area contributed by atoms with E-state index in [4.69, 9.17) is 4.74 Å². The summed E-state index contributed by atoms with van der Waals surface area (Å²) < 4.78 is 7.39. The van der Waals surface area contributed by atoms with Gasteiger partial charge in [-0.3, -0.25) is 19.9 Å². The molecular formula is C24H31N7O2. The van der Waals surface area contributed by atoms with E-state index in [0.717, 1.165) is 80.8 Å². The van der Waals surface area contributed by atoms with E-state index < -0.39 is 0 Å². The molecule has 1 saturated heterocycles. The van der Waals surface area contributed by atoms with Gasteiger partial charge in [-0.15, -0.1) is 0 Å². The monoisotopic (exact) mass is 449 g/mol. The Morgan fingerprint density at radius 2 is 1.91 bits per heavy atom. The van der Waals surface area contributed by atoms with Crippen molar-refractivity contribution in [1.29, 1.82) is 0 Å². The molecule has 2 amide bonds. The number of ether oxygens (including phenoxy) is 1. The number of nitrogens with zero attached hydrogens (tertiary/aromatic N) is 5. The Morgan fingerprint density at radius 1 is 1.06 bits per heavy atom. The van der Waals surface area contributed by atoms with Crippen molar-refractivity contribution in [3.05, 3.63) is 36.8 Å². The number of amides is 2. The molecular weight excluding hydrogens is 418 g/mol. The van der Waals surface area contributed by atoms with Crippen LogP contribution in [0.2, 0.25) is 0 Å². The lowest BCUT2D eigenvalue weighted by Gasteiger charge is -2.26. The highest BCUT2D eigenvalue weighted by atomic mass is 16.5. The molecule has 9 nitrogen and oxygen atoms in total. The van der Waals surface area contributed by atoms with E-state index in [0.29, 0.717) is 5.82 Å². The maximum absolute atomic E-state index is 12.3. The summed E-state index contributed by atoms with van der Waals surface area (Å²) in [5.74, 6) is 0.524. The van der Waals surface area contributed by atoms with Crippen molar-refractivity contribution >= 4 is 22.9 Å². The normalized spacial score (nSPS) is 17.5. The van der Waals surface area contributed by atoms with Crippen LogP contribution in [0.1, 0.15) is 32.1 Å². The lowest BCUT2D eigenvalue weighted by molar-refractivity contribution is 0.0368. The SMILES string of the molecule is O=C(Nc1ccc2ncc(-c3cnn(CCCN4CCOCC4)c3)cc2n1)NC1CCCC1. The molecule has 2 N–H and O–H groups in total. The first kappa shape index (κ1) is 21.8. The van der Waals surface area contributed by atoms with Crippen molar-refractivity contribution in [2.75, 3.05) is 38.2 Å². The minimum atomic E-state index is -0.198. The smallest absolute Gasteiger partial charge is 0.320 e. The molecule has 1 aliphatic carbocycles. The van der Waals surface area contributed by atoms with Crippen molar-refractivity contribution < 1.29 is 9.53 Å². The lowest BCUT2D eigenvalue weighted by Crippen LogP contribution is -2.37. The number of rotatable bonds is 7. The first-order chi connectivity index (χ1) is 16.2. The van der Waals surface area contributed by atoms with Gasteiger partial charge >= 0.3 is 6.03 Å². The molecule has 0 radical (unpaired) electrons. The minimum absolute atomic E-state index is 0.198. The zero-order valence-corrected chi connectivity index (χ0v) is 18.9. The summed E-state index contributed by atoms with van der Waals surface area (Å²) in [5.41, 5.74) is 3.50. The molecule has 3 aromatic rings. The van der Waals surface area contributed by atoms with Crippen LogP contribution in [0.5, 0.6) is 0 Å². The first-order valence-electron chi connectivity index (χ1n) is 11.9. The van der Waals surface area contributed by atoms with E-state index in [1.54, 1.807) is 6.07 Å². The van der Waals surface area contributed by atoms with Gasteiger partial charge in [0, 0.05) is 55.7 Å². The van der Waals surface area contributed by atoms with Gasteiger partial charge in [-0.05, 0) is 37.5 Å². The van der Waals surface area contributed by atoms with Gasteiger partial charge in [0.05, 0.1) is 30.4 Å². The molecule has 3 aromatic heterocycles. The second-order valence-corrected chi connectivity index (χ2v) is 8.84. The Balaban J connectivity index is 1.21. The Bertz CT molecular complexity index is 1090. The zero-order valence-electron chi connectivity index (χ0n) is 18.9. The topological polar surface area (TPSA) is 97.2 Å². The summed E-state index contributed by atoms with van der Waals surface area (Å²) in [6.45, 7) is 5.62. The zero-order chi connectivity index (χ0) is 22.5. The highest BCUT2D eigenvalue weighted by molar-refractivity contribution is 5.90. The second-order valence-electron chi connectivity index (χ2n) is 8.84. The minimum Gasteiger partial charge on any atom is -0.379 e. The Morgan fingerprint density at radius 3 is 2.76 bits per heavy atom. The van der Waals surface area contributed by atoms with Gasteiger partial charge in [-0.1, -0.05) is 12.8 Å². The molecule has 1 saturated carbocycles. The van der Waals surface area contributed by atoms with Gasteiger partial charge < -0.3 is 10.1 Å². The molecule has 174 valence electrons. The number of morpholine rings is 1. The Labute approximate surface area is 193 Å². The first-order valence-corrected chi connectivity index (χ1v) is 11.9. The van der Waals surface area contributed by atoms with E-state index in [2.05, 4.69) is 36.8 Å². The number of urea groups is 1. The van der Waals surface area contributed by atoms with Gasteiger partial charge in [0.1, 0.15) is 5.82 Å².